The Kier molecular flexibility index (Phi) is 7.23. The number of nitrogens with zero attached hydrogens (tertiary/aromatic N) is 2. The van der Waals surface area contributed by atoms with Crippen molar-refractivity contribution in [1.29, 1.82) is 0 Å². The molecule has 6 nitrogen and oxygen atoms in total. The Hall–Kier alpha value is -2.80. The van der Waals surface area contributed by atoms with Crippen molar-refractivity contribution in [3.05, 3.63) is 65.7 Å². The molecule has 1 N–H and O–H groups in total. The van der Waals surface area contributed by atoms with Gasteiger partial charge in [-0.05, 0) is 24.3 Å². The van der Waals surface area contributed by atoms with Crippen LogP contribution in [-0.2, 0) is 9.53 Å². The maximum Gasteiger partial charge on any atom is 0.254 e. The van der Waals surface area contributed by atoms with Gasteiger partial charge >= 0.3 is 0 Å². The van der Waals surface area contributed by atoms with Crippen LogP contribution in [0, 0.1) is 5.82 Å². The Balaban J connectivity index is 1.91. The number of nitrogens with one attached hydrogen (secondary N) is 1. The lowest BCUT2D eigenvalue weighted by Gasteiger charge is -2.27. The molecule has 0 unspecified atom stereocenters. The van der Waals surface area contributed by atoms with Crippen LogP contribution in [0.4, 0.5) is 4.39 Å². The Morgan fingerprint density at radius 2 is 1.96 bits per heavy atom. The molecule has 2 amide bonds. The highest BCUT2D eigenvalue weighted by atomic mass is 19.1. The number of hydrogen-bond acceptors (Lipinski definition) is 4. The lowest BCUT2D eigenvalue weighted by molar-refractivity contribution is -0.133. The molecule has 2 rings (SSSR count). The maximum atomic E-state index is 13.6. The van der Waals surface area contributed by atoms with E-state index in [0.29, 0.717) is 6.61 Å². The van der Waals surface area contributed by atoms with Gasteiger partial charge < -0.3 is 15.0 Å². The van der Waals surface area contributed by atoms with Gasteiger partial charge in [-0.3, -0.25) is 14.6 Å². The van der Waals surface area contributed by atoms with E-state index in [-0.39, 0.29) is 30.5 Å². The van der Waals surface area contributed by atoms with Crippen molar-refractivity contribution in [2.24, 2.45) is 0 Å². The summed E-state index contributed by atoms with van der Waals surface area (Å²) >= 11 is 0. The third-order valence-electron chi connectivity index (χ3n) is 3.96. The van der Waals surface area contributed by atoms with Gasteiger partial charge in [-0.2, -0.15) is 0 Å². The van der Waals surface area contributed by atoms with Gasteiger partial charge in [-0.15, -0.1) is 0 Å². The molecule has 0 bridgehead atoms. The first kappa shape index (κ1) is 19.5. The van der Waals surface area contributed by atoms with Crippen LogP contribution in [0.15, 0.2) is 48.7 Å². The first-order valence-electron chi connectivity index (χ1n) is 8.23. The van der Waals surface area contributed by atoms with E-state index in [4.69, 9.17) is 4.74 Å². The fraction of sp³-hybridized carbons (Fsp3) is 0.316. The second kappa shape index (κ2) is 9.62. The lowest BCUT2D eigenvalue weighted by atomic mass is 10.1. The largest absolute Gasteiger partial charge is 0.382 e. The minimum Gasteiger partial charge on any atom is -0.382 e. The normalized spacial score (nSPS) is 11.7. The van der Waals surface area contributed by atoms with Crippen LogP contribution in [0.5, 0.6) is 0 Å². The lowest BCUT2D eigenvalue weighted by Crippen LogP contribution is -2.36. The second-order valence-electron chi connectivity index (χ2n) is 5.72. The first-order chi connectivity index (χ1) is 12.5. The topological polar surface area (TPSA) is 71.5 Å². The highest BCUT2D eigenvalue weighted by molar-refractivity contribution is 5.94. The molecule has 0 radical (unpaired) electrons. The second-order valence-corrected chi connectivity index (χ2v) is 5.72. The molecule has 0 saturated heterocycles. The van der Waals surface area contributed by atoms with E-state index in [2.05, 4.69) is 10.3 Å². The molecule has 7 heteroatoms. The molecular formula is C19H22FN3O3. The number of amides is 2. The Morgan fingerprint density at radius 1 is 1.23 bits per heavy atom. The quantitative estimate of drug-likeness (QED) is 0.784. The molecule has 138 valence electrons. The van der Waals surface area contributed by atoms with E-state index >= 15 is 0 Å². The summed E-state index contributed by atoms with van der Waals surface area (Å²) in [5.74, 6) is -1.31. The molecule has 0 saturated carbocycles. The van der Waals surface area contributed by atoms with Gasteiger partial charge in [0.2, 0.25) is 5.91 Å². The van der Waals surface area contributed by atoms with E-state index in [9.17, 15) is 14.0 Å². The minimum atomic E-state index is -0.594. The zero-order chi connectivity index (χ0) is 18.9. The van der Waals surface area contributed by atoms with E-state index < -0.39 is 11.7 Å². The van der Waals surface area contributed by atoms with Gasteiger partial charge in [0.15, 0.2) is 0 Å². The van der Waals surface area contributed by atoms with E-state index in [0.717, 1.165) is 5.69 Å². The summed E-state index contributed by atoms with van der Waals surface area (Å²) in [6, 6.07) is 10.9. The van der Waals surface area contributed by atoms with Gasteiger partial charge in [0.25, 0.3) is 5.91 Å². The predicted octanol–water partition coefficient (Wildman–Crippen LogP) is 2.19. The van der Waals surface area contributed by atoms with Crippen LogP contribution in [0.2, 0.25) is 0 Å². The number of halogens is 1. The number of methoxy groups -OCH3 is 1. The van der Waals surface area contributed by atoms with Crippen LogP contribution in [0.3, 0.4) is 0 Å². The third-order valence-corrected chi connectivity index (χ3v) is 3.96. The van der Waals surface area contributed by atoms with E-state index in [1.807, 2.05) is 12.1 Å². The van der Waals surface area contributed by atoms with Gasteiger partial charge in [0.1, 0.15) is 5.82 Å². The number of carbonyl (C=O) groups is 2. The zero-order valence-electron chi connectivity index (χ0n) is 14.8. The molecule has 1 atom stereocenters. The van der Waals surface area contributed by atoms with Crippen molar-refractivity contribution < 1.29 is 18.7 Å². The van der Waals surface area contributed by atoms with Crippen molar-refractivity contribution in [3.8, 4) is 0 Å². The van der Waals surface area contributed by atoms with Crippen LogP contribution in [0.1, 0.15) is 28.5 Å². The molecule has 2 aromatic rings. The highest BCUT2D eigenvalue weighted by Crippen LogP contribution is 2.18. The standard InChI is InChI=1S/C19H22FN3O3/c1-23(17(13-26-2)16-9-5-6-11-21-16)18(24)10-12-22-19(25)14-7-3-4-8-15(14)20/h3-9,11,17H,10,12-13H2,1-2H3,(H,22,25)/t17-/m1/s1. The van der Waals surface area contributed by atoms with Crippen molar-refractivity contribution in [1.82, 2.24) is 15.2 Å². The van der Waals surface area contributed by atoms with Crippen molar-refractivity contribution >= 4 is 11.8 Å². The summed E-state index contributed by atoms with van der Waals surface area (Å²) in [6.45, 7) is 0.416. The Morgan fingerprint density at radius 3 is 2.62 bits per heavy atom. The molecule has 1 heterocycles. The monoisotopic (exact) mass is 359 g/mol. The van der Waals surface area contributed by atoms with Gasteiger partial charge in [0.05, 0.1) is 23.9 Å². The molecule has 1 aromatic heterocycles. The van der Waals surface area contributed by atoms with Crippen molar-refractivity contribution in [3.63, 3.8) is 0 Å². The van der Waals surface area contributed by atoms with Crippen molar-refractivity contribution in [2.45, 2.75) is 12.5 Å². The number of carbonyl (C=O) groups excluding carboxylic acids is 2. The summed E-state index contributed by atoms with van der Waals surface area (Å²) < 4.78 is 18.8. The molecule has 0 aliphatic rings. The van der Waals surface area contributed by atoms with Crippen LogP contribution in [-0.4, -0.2) is 49.0 Å². The maximum absolute atomic E-state index is 13.6. The van der Waals surface area contributed by atoms with Gasteiger partial charge in [-0.25, -0.2) is 4.39 Å². The number of ether oxygens (including phenoxy) is 1. The van der Waals surface area contributed by atoms with Crippen LogP contribution in [0.25, 0.3) is 0 Å². The smallest absolute Gasteiger partial charge is 0.254 e. The fourth-order valence-corrected chi connectivity index (χ4v) is 2.50. The molecule has 26 heavy (non-hydrogen) atoms. The van der Waals surface area contributed by atoms with E-state index in [1.54, 1.807) is 37.4 Å². The summed E-state index contributed by atoms with van der Waals surface area (Å²) in [7, 11) is 3.22. The Bertz CT molecular complexity index is 740. The van der Waals surface area contributed by atoms with Gasteiger partial charge in [0, 0.05) is 33.3 Å². The SMILES string of the molecule is COC[C@H](c1ccccn1)N(C)C(=O)CCNC(=O)c1ccccc1F. The molecule has 0 spiro atoms. The molecule has 1 aromatic carbocycles. The number of benzene rings is 1. The number of likely N-dealkylation sites (N-methyl/N-ethyl adjacent to an activating group) is 1. The van der Waals surface area contributed by atoms with E-state index in [1.165, 1.54) is 18.2 Å². The summed E-state index contributed by atoms with van der Waals surface area (Å²) in [5, 5.41) is 2.56. The van der Waals surface area contributed by atoms with Crippen LogP contribution < -0.4 is 5.32 Å². The molecule has 0 aliphatic carbocycles. The third kappa shape index (κ3) is 5.10. The molecule has 0 aliphatic heterocycles. The minimum absolute atomic E-state index is 0.0425. The summed E-state index contributed by atoms with van der Waals surface area (Å²) in [4.78, 5) is 30.2. The van der Waals surface area contributed by atoms with Gasteiger partial charge in [-0.1, -0.05) is 18.2 Å². The predicted molar refractivity (Wildman–Crippen MR) is 95.0 cm³/mol. The number of rotatable bonds is 8. The molecule has 0 fully saturated rings. The first-order valence-corrected chi connectivity index (χ1v) is 8.23. The summed E-state index contributed by atoms with van der Waals surface area (Å²) in [5.41, 5.74) is 0.680. The fourth-order valence-electron chi connectivity index (χ4n) is 2.50. The zero-order valence-corrected chi connectivity index (χ0v) is 14.8. The summed E-state index contributed by atoms with van der Waals surface area (Å²) in [6.07, 6.45) is 1.74. The average molecular weight is 359 g/mol. The number of hydrogen-bond donors (Lipinski definition) is 1. The highest BCUT2D eigenvalue weighted by Gasteiger charge is 2.22. The van der Waals surface area contributed by atoms with Crippen molar-refractivity contribution in [2.75, 3.05) is 27.3 Å². The Labute approximate surface area is 152 Å². The number of pyridine rings is 1. The van der Waals surface area contributed by atoms with Crippen LogP contribution >= 0.6 is 0 Å². The average Bonchev–Trinajstić information content (AvgIpc) is 2.66. The molecular weight excluding hydrogens is 337 g/mol. The number of aromatic nitrogens is 1.